The van der Waals surface area contributed by atoms with E-state index in [4.69, 9.17) is 42.2 Å². The molecule has 4 radical (unpaired) electrons. The van der Waals surface area contributed by atoms with Crippen molar-refractivity contribution in [1.29, 1.82) is 16.3 Å². The maximum absolute atomic E-state index is 13.4. The number of halogens is 5. The fraction of sp³-hybridized carbons (Fsp3) is 0.260. The predicted molar refractivity (Wildman–Crippen MR) is 517 cm³/mol. The summed E-state index contributed by atoms with van der Waals surface area (Å²) in [6.45, 7) is 17.8. The van der Waals surface area contributed by atoms with Crippen LogP contribution >= 0.6 is 0 Å². The number of carbonyl (C=O) groups excluding carboxylic acids is 5. The number of nitrogens with one attached hydrogen (secondary N) is 5. The number of esters is 1. The summed E-state index contributed by atoms with van der Waals surface area (Å²) in [5.41, 5.74) is 30.1. The first-order valence-electron chi connectivity index (χ1n) is 42.7. The second kappa shape index (κ2) is 56.4. The molecule has 9 aromatic heterocycles. The summed E-state index contributed by atoms with van der Waals surface area (Å²) in [5, 5.41) is 108. The number of aliphatic hydroxyl groups is 5. The van der Waals surface area contributed by atoms with Gasteiger partial charge in [-0.25, -0.2) is 61.4 Å². The number of ketones is 1. The van der Waals surface area contributed by atoms with E-state index in [0.29, 0.717) is 102 Å². The van der Waals surface area contributed by atoms with Crippen molar-refractivity contribution in [3.63, 3.8) is 0 Å². The third kappa shape index (κ3) is 34.2. The number of ether oxygens (including phenoxy) is 2. The van der Waals surface area contributed by atoms with E-state index < -0.39 is 89.3 Å². The van der Waals surface area contributed by atoms with Crippen molar-refractivity contribution in [3.8, 4) is 51.2 Å². The van der Waals surface area contributed by atoms with Crippen LogP contribution in [0.25, 0.3) is 61.7 Å². The molecular weight excluding hydrogens is 1860 g/mol. The molecule has 5 atom stereocenters. The number of pyridine rings is 3. The molecule has 0 aliphatic rings. The van der Waals surface area contributed by atoms with Gasteiger partial charge in [0.1, 0.15) is 70.5 Å². The van der Waals surface area contributed by atoms with Gasteiger partial charge in [-0.1, -0.05) is 60.7 Å². The van der Waals surface area contributed by atoms with Crippen LogP contribution < -0.4 is 57.1 Å². The number of hydrogen-bond acceptors (Lipinski definition) is 33. The van der Waals surface area contributed by atoms with Crippen molar-refractivity contribution in [1.82, 2.24) is 90.6 Å². The summed E-state index contributed by atoms with van der Waals surface area (Å²) >= 11 is 0. The van der Waals surface area contributed by atoms with E-state index in [1.54, 1.807) is 154 Å². The van der Waals surface area contributed by atoms with Crippen molar-refractivity contribution < 1.29 is 105 Å². The minimum absolute atomic E-state index is 0. The molecule has 15 N–H and O–H groups in total. The summed E-state index contributed by atoms with van der Waals surface area (Å²) in [6.07, 6.45) is 9.72. The summed E-state index contributed by atoms with van der Waals surface area (Å²) in [5.74, 6) is -3.72. The van der Waals surface area contributed by atoms with E-state index in [9.17, 15) is 71.5 Å². The Morgan fingerprint density at radius 1 is 0.493 bits per heavy atom. The summed E-state index contributed by atoms with van der Waals surface area (Å²) < 4.78 is 80.7. The van der Waals surface area contributed by atoms with Crippen LogP contribution in [0.15, 0.2) is 213 Å². The van der Waals surface area contributed by atoms with E-state index >= 15 is 0 Å². The largest absolute Gasteiger partial charge is 1.00 e. The number of aliphatic carboxylic acids is 1. The number of carboxylic acid groups (broad SMARTS) is 1. The molecule has 0 aliphatic heterocycles. The van der Waals surface area contributed by atoms with Crippen LogP contribution in [-0.4, -0.2) is 189 Å². The number of aliphatic hydroxyl groups excluding tert-OH is 4. The maximum Gasteiger partial charge on any atom is 1.00 e. The zero-order valence-corrected chi connectivity index (χ0v) is 81.2. The van der Waals surface area contributed by atoms with Crippen LogP contribution in [0.2, 0.25) is 0 Å². The van der Waals surface area contributed by atoms with Gasteiger partial charge in [0.25, 0.3) is 0 Å². The molecule has 14 aromatic rings. The molecule has 5 aromatic carbocycles. The van der Waals surface area contributed by atoms with Crippen molar-refractivity contribution in [2.24, 2.45) is 5.73 Å². The molecule has 0 saturated carbocycles. The molecule has 48 heteroatoms. The van der Waals surface area contributed by atoms with Gasteiger partial charge in [-0.3, -0.25) is 9.59 Å². The van der Waals surface area contributed by atoms with Crippen LogP contribution in [0.1, 0.15) is 143 Å². The topological polar surface area (TPSA) is 618 Å². The number of anilines is 3. The van der Waals surface area contributed by atoms with Gasteiger partial charge in [-0.05, 0) is 246 Å². The number of carboxylic acids is 1. The van der Waals surface area contributed by atoms with Gasteiger partial charge in [0.15, 0.2) is 29.3 Å². The van der Waals surface area contributed by atoms with Crippen molar-refractivity contribution in [2.75, 3.05) is 43.8 Å². The number of aryl methyl sites for hydroxylation is 6. The second-order valence-electron chi connectivity index (χ2n) is 32.5. The number of methoxy groups -OCH3 is 1. The molecular formula is C96H105B2F5LiN27O13. The number of nitrogens with two attached hydrogens (primary N) is 1. The Morgan fingerprint density at radius 2 is 0.778 bits per heavy atom. The van der Waals surface area contributed by atoms with Crippen LogP contribution in [-0.2, 0) is 48.5 Å². The quantitative estimate of drug-likeness (QED) is 0.00434. The smallest absolute Gasteiger partial charge is 0.548 e. The zero-order chi connectivity index (χ0) is 105. The fourth-order valence-electron chi connectivity index (χ4n) is 13.1. The summed E-state index contributed by atoms with van der Waals surface area (Å²) in [6, 6.07) is 39.0. The number of imidazole rings is 3. The maximum atomic E-state index is 13.4. The number of carbonyl (C=O) groups is 5. The summed E-state index contributed by atoms with van der Waals surface area (Å²) in [4.78, 5) is 89.7. The molecule has 0 bridgehead atoms. The number of rotatable bonds is 27. The number of aromatic nitrogens is 15. The molecule has 744 valence electrons. The molecule has 9 heterocycles. The minimum Gasteiger partial charge on any atom is -0.548 e. The Morgan fingerprint density at radius 3 is 1.03 bits per heavy atom. The van der Waals surface area contributed by atoms with E-state index in [2.05, 4.69) is 97.2 Å². The van der Waals surface area contributed by atoms with Crippen molar-refractivity contribution >= 4 is 62.6 Å². The number of likely N-dealkylation sites (N-methyl/N-ethyl adjacent to an activating group) is 1. The first kappa shape index (κ1) is 118. The average Bonchev–Trinajstić information content (AvgIpc) is 1.48. The second-order valence-corrected chi connectivity index (χ2v) is 32.5. The van der Waals surface area contributed by atoms with Gasteiger partial charge in [-0.2, -0.15) is 0 Å². The van der Waals surface area contributed by atoms with Crippen LogP contribution in [0, 0.1) is 86.9 Å². The number of Topliss-reactive ketones (excluding diaryl/α,β-unsaturated/α-hetero) is 1. The molecule has 0 fully saturated rings. The van der Waals surface area contributed by atoms with Gasteiger partial charge >= 0.3 is 30.9 Å². The number of alkyl carbamates (subject to hydrolysis) is 1. The Labute approximate surface area is 839 Å². The van der Waals surface area contributed by atoms with Crippen LogP contribution in [0.3, 0.4) is 0 Å². The molecule has 14 rings (SSSR count). The predicted octanol–water partition coefficient (Wildman–Crippen LogP) is 9.25. The molecule has 144 heavy (non-hydrogen) atoms. The number of amides is 2. The van der Waals surface area contributed by atoms with Gasteiger partial charge in [0.05, 0.1) is 138 Å². The van der Waals surface area contributed by atoms with E-state index in [1.165, 1.54) is 109 Å². The first-order valence-corrected chi connectivity index (χ1v) is 42.7. The third-order valence-electron chi connectivity index (χ3n) is 20.2. The SMILES string of the molecule is CC(C)(C)OC(=O)N[C@@H](C(=O)CO)c1ccc(F)cc1.CC(C)(O)[C@H](N)c1ccc(F)cc1.COC(=O)[C@H](Nc1nnc(-c2ccc(-n3cnc(C)c3)c(CO)n2)cc1C)c1ccc(F)cc1.Cc1cn(-c2ccc(-c3cc(C)c(N[C@@H](C(=O)N(C)C)c4ccc(F)cc4)nn3)nc2CO)cn1.Cc1cn(-c2ccc(-c3cc(C)c(N[C@@H](C(=O)[O-])c4ccc(F)cc4)nn3)nc2CO)cn1.N.N#N.[B][B].[Li+].[N-]=[N+]=N. The van der Waals surface area contributed by atoms with Crippen LogP contribution in [0.5, 0.6) is 0 Å². The van der Waals surface area contributed by atoms with Gasteiger partial charge in [0, 0.05) is 58.9 Å². The Bertz CT molecular complexity index is 6620. The van der Waals surface area contributed by atoms with Crippen molar-refractivity contribution in [2.45, 2.75) is 137 Å². The molecule has 2 amide bonds. The normalized spacial score (nSPS) is 11.5. The van der Waals surface area contributed by atoms with E-state index in [1.807, 2.05) is 71.4 Å². The molecule has 0 aliphatic carbocycles. The first-order chi connectivity index (χ1) is 67.5. The molecule has 40 nitrogen and oxygen atoms in total. The van der Waals surface area contributed by atoms with Crippen molar-refractivity contribution in [3.05, 3.63) is 332 Å². The number of benzene rings is 5. The minimum atomic E-state index is -1.38. The third-order valence-corrected chi connectivity index (χ3v) is 20.2. The van der Waals surface area contributed by atoms with Gasteiger partial charge in [0.2, 0.25) is 5.91 Å². The van der Waals surface area contributed by atoms with Crippen LogP contribution in [0.4, 0.5) is 44.2 Å². The van der Waals surface area contributed by atoms with E-state index in [-0.39, 0.29) is 68.2 Å². The monoisotopic (exact) mass is 1970 g/mol. The molecule has 0 spiro atoms. The molecule has 0 unspecified atom stereocenters. The summed E-state index contributed by atoms with van der Waals surface area (Å²) in [7, 11) is 12.6. The standard InChI is InChI=1S/C25H26FN7O2.C24H23FN6O3.C23H21FN6O3.C14H18FNO4.C10H14FNO.B2.Li.HN3.N2.H3N/c1-15-11-20(19-9-10-22(21(13-34)28-19)33-12-16(2)27-14-33)30-31-24(15)29-23(25(35)32(3)4)17-5-7-18(26)8-6-17;1-14-10-19(18-8-9-21(20(12-32)27-18)31-11-15(2)26-13-31)29-30-23(14)28-22(24(33)34-3)16-4-6-17(25)7-5-16;1-13-9-18(17-7-8-20(19(11-31)26-17)30-10-14(2)25-12-30)28-29-22(13)27-21(23(32)33)15-3-5-16(24)6-4-15;1-14(2,3)20-13(19)16-12(11(18)8-17)9-4-6-10(15)7-5-9;1-10(2,13)9(12)7-3-5-8(11)6-4-7;1-2;;1-3-2;1-2;/h5-12,14,23,34H,13H2,1-4H3,(H,29,31);4-11,13,22,32H,12H2,1-3H3,(H,28,30);3-10,12,21,31H,11H2,1-2H3,(H,27,29)(H,32,33);4-7,12,17H,8H2,1-3H3,(H,16,19);3-6,9,13H,12H2,1-2H3;;;1H;;1H3/q;;;;;;+1;;;/p-1/t23-;22-;21-;12-;9-;;;;;/m11111...../s1. The number of hydrogen-bond donors (Lipinski definition) is 12. The van der Waals surface area contributed by atoms with Gasteiger partial charge < -0.3 is 96.7 Å². The Hall–Kier alpha value is -16.0. The Balaban J connectivity index is 0.000000320. The number of nitrogens with zero attached hydrogens (tertiary/aromatic N) is 20. The fourth-order valence-corrected chi connectivity index (χ4v) is 13.1. The Kier molecular flexibility index (Phi) is 46.4. The van der Waals surface area contributed by atoms with Gasteiger partial charge in [-0.15, -0.1) is 36.1 Å². The average molecular weight is 1970 g/mol. The molecule has 0 saturated heterocycles. The van der Waals surface area contributed by atoms with E-state index in [0.717, 1.165) is 39.6 Å². The zero-order valence-electron chi connectivity index (χ0n) is 81.2.